The molecule has 1 aliphatic carbocycles. The Morgan fingerprint density at radius 2 is 2.19 bits per heavy atom. The van der Waals surface area contributed by atoms with Crippen molar-refractivity contribution in [1.29, 1.82) is 0 Å². The molecule has 0 unspecified atom stereocenters. The second kappa shape index (κ2) is 7.59. The molecule has 1 aromatic carbocycles. The van der Waals surface area contributed by atoms with Crippen molar-refractivity contribution in [2.45, 2.75) is 26.2 Å². The number of nitrogens with zero attached hydrogens (tertiary/aromatic N) is 2. The second-order valence-electron chi connectivity index (χ2n) is 7.19. The van der Waals surface area contributed by atoms with Gasteiger partial charge < -0.3 is 4.57 Å². The van der Waals surface area contributed by atoms with Crippen LogP contribution in [0.2, 0.25) is 0 Å². The molecule has 0 aliphatic heterocycles. The van der Waals surface area contributed by atoms with Crippen LogP contribution in [0.4, 0.5) is 0 Å². The van der Waals surface area contributed by atoms with Crippen LogP contribution in [0.15, 0.2) is 36.5 Å². The van der Waals surface area contributed by atoms with Gasteiger partial charge in [-0.2, -0.15) is 0 Å². The van der Waals surface area contributed by atoms with E-state index < -0.39 is 0 Å². The van der Waals surface area contributed by atoms with Gasteiger partial charge in [-0.3, -0.25) is 9.63 Å². The molecule has 2 heterocycles. The molecule has 1 aliphatic rings. The van der Waals surface area contributed by atoms with Gasteiger partial charge in [0.15, 0.2) is 0 Å². The first-order valence-corrected chi connectivity index (χ1v) is 10.2. The number of carbonyl (C=O) groups is 1. The van der Waals surface area contributed by atoms with Crippen molar-refractivity contribution in [3.63, 3.8) is 0 Å². The Balaban J connectivity index is 1.71. The molecule has 4 rings (SSSR count). The predicted octanol–water partition coefficient (Wildman–Crippen LogP) is 4.15. The van der Waals surface area contributed by atoms with Gasteiger partial charge in [0.1, 0.15) is 5.65 Å². The van der Waals surface area contributed by atoms with Crippen molar-refractivity contribution >= 4 is 39.5 Å². The normalized spacial score (nSPS) is 13.9. The van der Waals surface area contributed by atoms with Crippen LogP contribution in [0.25, 0.3) is 11.0 Å². The monoisotopic (exact) mass is 475 g/mol. The third-order valence-corrected chi connectivity index (χ3v) is 5.81. The number of amides is 1. The summed E-state index contributed by atoms with van der Waals surface area (Å²) in [7, 11) is 1.97. The van der Waals surface area contributed by atoms with Gasteiger partial charge >= 0.3 is 0 Å². The number of carbonyl (C=O) groups excluding carboxylic acids is 1. The Kier molecular flexibility index (Phi) is 5.19. The highest BCUT2D eigenvalue weighted by molar-refractivity contribution is 14.1. The van der Waals surface area contributed by atoms with Crippen LogP contribution in [0, 0.1) is 16.4 Å². The highest BCUT2D eigenvalue weighted by Gasteiger charge is 2.25. The Morgan fingerprint density at radius 1 is 1.37 bits per heavy atom. The zero-order valence-electron chi connectivity index (χ0n) is 15.5. The minimum Gasteiger partial charge on any atom is -0.332 e. The van der Waals surface area contributed by atoms with Crippen LogP contribution in [0.3, 0.4) is 0 Å². The summed E-state index contributed by atoms with van der Waals surface area (Å²) in [6.07, 6.45) is 4.80. The second-order valence-corrected chi connectivity index (χ2v) is 8.43. The highest BCUT2D eigenvalue weighted by Crippen LogP contribution is 2.29. The molecular weight excluding hydrogens is 453 g/mol. The number of benzene rings is 1. The molecule has 2 aromatic heterocycles. The summed E-state index contributed by atoms with van der Waals surface area (Å²) >= 11 is 2.32. The van der Waals surface area contributed by atoms with Gasteiger partial charge in [0.2, 0.25) is 0 Å². The molecule has 0 bridgehead atoms. The molecule has 1 amide bonds. The van der Waals surface area contributed by atoms with E-state index >= 15 is 0 Å². The minimum atomic E-state index is -0.201. The van der Waals surface area contributed by atoms with E-state index in [1.54, 1.807) is 6.20 Å². The number of aromatic nitrogens is 2. The van der Waals surface area contributed by atoms with Crippen LogP contribution in [-0.4, -0.2) is 22.1 Å². The van der Waals surface area contributed by atoms with Crippen molar-refractivity contribution in [1.82, 2.24) is 15.0 Å². The van der Waals surface area contributed by atoms with Gasteiger partial charge in [-0.1, -0.05) is 6.07 Å². The molecule has 6 heteroatoms. The van der Waals surface area contributed by atoms with E-state index in [0.29, 0.717) is 24.5 Å². The maximum atomic E-state index is 12.9. The third kappa shape index (κ3) is 3.87. The fourth-order valence-corrected chi connectivity index (χ4v) is 4.02. The number of fused-ring (bicyclic) bond motifs is 1. The first kappa shape index (κ1) is 18.4. The van der Waals surface area contributed by atoms with Crippen molar-refractivity contribution in [2.75, 3.05) is 6.61 Å². The lowest BCUT2D eigenvalue weighted by molar-refractivity contribution is 0.0271. The Labute approximate surface area is 172 Å². The molecule has 140 valence electrons. The fourth-order valence-electron chi connectivity index (χ4n) is 3.37. The van der Waals surface area contributed by atoms with Gasteiger partial charge in [-0.25, -0.2) is 10.5 Å². The van der Waals surface area contributed by atoms with E-state index in [9.17, 15) is 4.79 Å². The van der Waals surface area contributed by atoms with Crippen molar-refractivity contribution in [3.8, 4) is 0 Å². The Morgan fingerprint density at radius 3 is 2.93 bits per heavy atom. The molecule has 0 spiro atoms. The van der Waals surface area contributed by atoms with E-state index in [0.717, 1.165) is 16.7 Å². The lowest BCUT2D eigenvalue weighted by Crippen LogP contribution is -2.26. The van der Waals surface area contributed by atoms with Crippen LogP contribution in [-0.2, 0) is 18.3 Å². The summed E-state index contributed by atoms with van der Waals surface area (Å²) in [6, 6.07) is 10.2. The lowest BCUT2D eigenvalue weighted by atomic mass is 10.0. The first-order valence-electron chi connectivity index (χ1n) is 9.14. The maximum Gasteiger partial charge on any atom is 0.277 e. The molecular formula is C21H22IN3O2. The van der Waals surface area contributed by atoms with Crippen LogP contribution in [0.1, 0.15) is 40.0 Å². The molecule has 1 fully saturated rings. The van der Waals surface area contributed by atoms with E-state index in [1.807, 2.05) is 23.7 Å². The number of aryl methyl sites for hydroxylation is 2. The molecule has 0 saturated heterocycles. The van der Waals surface area contributed by atoms with Gasteiger partial charge in [-0.15, -0.1) is 0 Å². The Hall–Kier alpha value is -1.93. The number of hydrogen-bond acceptors (Lipinski definition) is 3. The molecule has 1 N–H and O–H groups in total. The number of hydrogen-bond donors (Lipinski definition) is 1. The average molecular weight is 475 g/mol. The molecule has 0 radical (unpaired) electrons. The number of hydroxylamine groups is 1. The van der Waals surface area contributed by atoms with Gasteiger partial charge in [0.05, 0.1) is 12.2 Å². The maximum absolute atomic E-state index is 12.9. The largest absolute Gasteiger partial charge is 0.332 e. The van der Waals surface area contributed by atoms with E-state index in [-0.39, 0.29) is 5.91 Å². The lowest BCUT2D eigenvalue weighted by Gasteiger charge is -2.11. The smallest absolute Gasteiger partial charge is 0.277 e. The van der Waals surface area contributed by atoms with Gasteiger partial charge in [0, 0.05) is 34.3 Å². The quantitative estimate of drug-likeness (QED) is 0.431. The number of pyridine rings is 1. The fraction of sp³-hybridized carbons (Fsp3) is 0.333. The van der Waals surface area contributed by atoms with Gasteiger partial charge in [0.25, 0.3) is 5.91 Å². The molecule has 1 saturated carbocycles. The summed E-state index contributed by atoms with van der Waals surface area (Å²) in [5.74, 6) is 0.390. The van der Waals surface area contributed by atoms with Crippen molar-refractivity contribution in [3.05, 3.63) is 62.5 Å². The van der Waals surface area contributed by atoms with E-state index in [4.69, 9.17) is 4.84 Å². The molecule has 5 nitrogen and oxygen atoms in total. The van der Waals surface area contributed by atoms with Crippen LogP contribution < -0.4 is 5.48 Å². The average Bonchev–Trinajstić information content (AvgIpc) is 3.42. The topological polar surface area (TPSA) is 56.1 Å². The van der Waals surface area contributed by atoms with E-state index in [1.165, 1.54) is 27.5 Å². The predicted molar refractivity (Wildman–Crippen MR) is 114 cm³/mol. The highest BCUT2D eigenvalue weighted by atomic mass is 127. The Bertz CT molecular complexity index is 1010. The zero-order valence-corrected chi connectivity index (χ0v) is 17.6. The molecule has 27 heavy (non-hydrogen) atoms. The number of nitrogens with one attached hydrogen (secondary N) is 1. The van der Waals surface area contributed by atoms with Gasteiger partial charge in [-0.05, 0) is 83.7 Å². The van der Waals surface area contributed by atoms with Crippen molar-refractivity contribution in [2.24, 2.45) is 13.0 Å². The van der Waals surface area contributed by atoms with Crippen LogP contribution in [0.5, 0.6) is 0 Å². The summed E-state index contributed by atoms with van der Waals surface area (Å²) in [5, 5.41) is 0.852. The molecule has 0 atom stereocenters. The summed E-state index contributed by atoms with van der Waals surface area (Å²) < 4.78 is 3.22. The standard InChI is InChI=1S/C21H22IN3O2/c1-13-10-16(22)8-7-15(13)11-18-19(21(26)24-27-12-14-5-6-14)17-4-3-9-23-20(17)25(18)2/h3-4,7-10,14H,5-6,11-12H2,1-2H3,(H,24,26). The number of halogens is 1. The minimum absolute atomic E-state index is 0.201. The summed E-state index contributed by atoms with van der Waals surface area (Å²) in [6.45, 7) is 2.69. The number of rotatable bonds is 6. The van der Waals surface area contributed by atoms with E-state index in [2.05, 4.69) is 58.2 Å². The van der Waals surface area contributed by atoms with Crippen LogP contribution >= 0.6 is 22.6 Å². The summed E-state index contributed by atoms with van der Waals surface area (Å²) in [4.78, 5) is 22.9. The molecule has 3 aromatic rings. The van der Waals surface area contributed by atoms with Crippen molar-refractivity contribution < 1.29 is 9.63 Å². The zero-order chi connectivity index (χ0) is 19.0. The SMILES string of the molecule is Cc1cc(I)ccc1Cc1c(C(=O)NOCC2CC2)c2cccnc2n1C. The first-order chi connectivity index (χ1) is 13.0. The third-order valence-electron chi connectivity index (χ3n) is 5.14. The summed E-state index contributed by atoms with van der Waals surface area (Å²) in [5.41, 5.74) is 7.47.